The fourth-order valence-corrected chi connectivity index (χ4v) is 2.98. The molecular weight excluding hydrogens is 390 g/mol. The molecule has 0 bridgehead atoms. The highest BCUT2D eigenvalue weighted by Gasteiger charge is 2.37. The summed E-state index contributed by atoms with van der Waals surface area (Å²) in [7, 11) is 0. The first-order valence-electron chi connectivity index (χ1n) is 8.69. The van der Waals surface area contributed by atoms with Gasteiger partial charge in [0.05, 0.1) is 17.4 Å². The minimum atomic E-state index is -1.12. The Morgan fingerprint density at radius 1 is 1.07 bits per heavy atom. The Morgan fingerprint density at radius 3 is 2.60 bits per heavy atom. The molecule has 0 spiro atoms. The van der Waals surface area contributed by atoms with E-state index < -0.39 is 23.8 Å². The minimum absolute atomic E-state index is 0.0471. The maximum absolute atomic E-state index is 12.8. The summed E-state index contributed by atoms with van der Waals surface area (Å²) in [6.45, 7) is 0. The minimum Gasteiger partial charge on any atom is -0.478 e. The molecule has 1 aliphatic heterocycles. The van der Waals surface area contributed by atoms with E-state index in [0.29, 0.717) is 5.56 Å². The second-order valence-electron chi connectivity index (χ2n) is 6.22. The third kappa shape index (κ3) is 3.35. The normalized spacial score (nSPS) is 15.4. The summed E-state index contributed by atoms with van der Waals surface area (Å²) in [4.78, 5) is 53.3. The van der Waals surface area contributed by atoms with Crippen LogP contribution in [0.15, 0.2) is 70.9 Å². The van der Waals surface area contributed by atoms with Gasteiger partial charge in [0.25, 0.3) is 11.8 Å². The van der Waals surface area contributed by atoms with Crippen molar-refractivity contribution in [1.29, 1.82) is 0 Å². The summed E-state index contributed by atoms with van der Waals surface area (Å²) in [5.74, 6) is -2.42. The van der Waals surface area contributed by atoms with Crippen LogP contribution in [0.5, 0.6) is 0 Å². The molecule has 4 amide bonds. The van der Waals surface area contributed by atoms with Gasteiger partial charge in [-0.05, 0) is 36.4 Å². The molecule has 148 valence electrons. The highest BCUT2D eigenvalue weighted by atomic mass is 16.4. The maximum atomic E-state index is 12.8. The Bertz CT molecular complexity index is 1210. The summed E-state index contributed by atoms with van der Waals surface area (Å²) >= 11 is 0. The third-order valence-corrected chi connectivity index (χ3v) is 4.34. The van der Waals surface area contributed by atoms with Gasteiger partial charge < -0.3 is 9.52 Å². The van der Waals surface area contributed by atoms with E-state index in [0.717, 1.165) is 4.90 Å². The van der Waals surface area contributed by atoms with E-state index in [9.17, 15) is 24.3 Å². The first-order valence-corrected chi connectivity index (χ1v) is 8.69. The lowest BCUT2D eigenvalue weighted by Crippen LogP contribution is -2.54. The fraction of sp³-hybridized carbons (Fsp3) is 0. The third-order valence-electron chi connectivity index (χ3n) is 4.34. The van der Waals surface area contributed by atoms with Crippen molar-refractivity contribution >= 4 is 35.6 Å². The Hall–Kier alpha value is -4.53. The number of benzene rings is 1. The molecule has 1 saturated heterocycles. The summed E-state index contributed by atoms with van der Waals surface area (Å²) in [6, 6.07) is 11.5. The van der Waals surface area contributed by atoms with E-state index in [2.05, 4.69) is 10.3 Å². The molecule has 0 saturated carbocycles. The van der Waals surface area contributed by atoms with Crippen LogP contribution in [0, 0.1) is 0 Å². The highest BCUT2D eigenvalue weighted by molar-refractivity contribution is 6.39. The second-order valence-corrected chi connectivity index (χ2v) is 6.22. The number of nitrogens with zero attached hydrogens (tertiary/aromatic N) is 2. The Labute approximate surface area is 169 Å². The average Bonchev–Trinajstić information content (AvgIpc) is 3.20. The number of furan rings is 1. The molecule has 0 aliphatic carbocycles. The van der Waals surface area contributed by atoms with Crippen molar-refractivity contribution in [2.75, 3.05) is 4.90 Å². The number of imide groups is 2. The predicted molar refractivity (Wildman–Crippen MR) is 104 cm³/mol. The standard InChI is InChI=1S/C21H13N3O6/c25-18-16(19(26)24(21(29)23-18)12-4-3-9-22-11-12)10-13-7-8-17(30-13)14-5-1-2-6-15(14)20(27)28/h1-11H,(H,27,28)(H,23,25,29)/b16-10-. The summed E-state index contributed by atoms with van der Waals surface area (Å²) < 4.78 is 5.64. The number of carboxylic acids is 1. The predicted octanol–water partition coefficient (Wildman–Crippen LogP) is 2.71. The molecule has 1 aromatic carbocycles. The lowest BCUT2D eigenvalue weighted by atomic mass is 10.1. The van der Waals surface area contributed by atoms with Crippen LogP contribution in [-0.4, -0.2) is 33.9 Å². The van der Waals surface area contributed by atoms with Gasteiger partial charge in [-0.1, -0.05) is 18.2 Å². The number of aromatic carboxylic acids is 1. The number of hydrogen-bond donors (Lipinski definition) is 2. The average molecular weight is 403 g/mol. The van der Waals surface area contributed by atoms with E-state index in [1.54, 1.807) is 24.3 Å². The van der Waals surface area contributed by atoms with Crippen LogP contribution in [0.4, 0.5) is 10.5 Å². The first kappa shape index (κ1) is 18.8. The van der Waals surface area contributed by atoms with Crippen molar-refractivity contribution in [2.45, 2.75) is 0 Å². The number of urea groups is 1. The van der Waals surface area contributed by atoms with Crippen molar-refractivity contribution in [2.24, 2.45) is 0 Å². The summed E-state index contributed by atoms with van der Waals surface area (Å²) in [5.41, 5.74) is 0.284. The van der Waals surface area contributed by atoms with E-state index in [1.165, 1.54) is 42.7 Å². The second kappa shape index (κ2) is 7.47. The van der Waals surface area contributed by atoms with Gasteiger partial charge in [-0.15, -0.1) is 0 Å². The van der Waals surface area contributed by atoms with Gasteiger partial charge in [-0.3, -0.25) is 19.9 Å². The number of aromatic nitrogens is 1. The van der Waals surface area contributed by atoms with Crippen LogP contribution in [-0.2, 0) is 9.59 Å². The molecule has 2 aromatic heterocycles. The zero-order valence-corrected chi connectivity index (χ0v) is 15.2. The molecule has 3 aromatic rings. The number of carbonyl (C=O) groups is 4. The number of nitrogens with one attached hydrogen (secondary N) is 1. The van der Waals surface area contributed by atoms with Gasteiger partial charge in [0, 0.05) is 11.8 Å². The lowest BCUT2D eigenvalue weighted by Gasteiger charge is -2.25. The van der Waals surface area contributed by atoms with Gasteiger partial charge in [-0.25, -0.2) is 14.5 Å². The smallest absolute Gasteiger partial charge is 0.336 e. The largest absolute Gasteiger partial charge is 0.478 e. The molecule has 0 radical (unpaired) electrons. The summed E-state index contributed by atoms with van der Waals surface area (Å²) in [5, 5.41) is 11.4. The zero-order valence-electron chi connectivity index (χ0n) is 15.2. The summed E-state index contributed by atoms with van der Waals surface area (Å²) in [6.07, 6.45) is 4.00. The molecule has 9 heteroatoms. The molecule has 1 aliphatic rings. The molecular formula is C21H13N3O6. The Morgan fingerprint density at radius 2 is 1.87 bits per heavy atom. The highest BCUT2D eigenvalue weighted by Crippen LogP contribution is 2.28. The van der Waals surface area contributed by atoms with Crippen molar-refractivity contribution in [3.05, 3.63) is 77.8 Å². The Balaban J connectivity index is 1.70. The number of hydrogen-bond acceptors (Lipinski definition) is 6. The molecule has 30 heavy (non-hydrogen) atoms. The quantitative estimate of drug-likeness (QED) is 0.506. The van der Waals surface area contributed by atoms with Crippen LogP contribution in [0.25, 0.3) is 17.4 Å². The molecule has 1 fully saturated rings. The number of anilines is 1. The monoisotopic (exact) mass is 403 g/mol. The van der Waals surface area contributed by atoms with E-state index in [-0.39, 0.29) is 28.3 Å². The molecule has 0 unspecified atom stereocenters. The Kier molecular flexibility index (Phi) is 4.69. The van der Waals surface area contributed by atoms with Crippen molar-refractivity contribution in [3.8, 4) is 11.3 Å². The number of carbonyl (C=O) groups excluding carboxylic acids is 3. The molecule has 0 atom stereocenters. The van der Waals surface area contributed by atoms with Gasteiger partial charge in [-0.2, -0.15) is 0 Å². The fourth-order valence-electron chi connectivity index (χ4n) is 2.98. The number of barbiturate groups is 1. The van der Waals surface area contributed by atoms with Gasteiger partial charge >= 0.3 is 12.0 Å². The van der Waals surface area contributed by atoms with Crippen LogP contribution in [0.3, 0.4) is 0 Å². The number of carboxylic acid groups (broad SMARTS) is 1. The zero-order chi connectivity index (χ0) is 21.3. The van der Waals surface area contributed by atoms with Gasteiger partial charge in [0.2, 0.25) is 0 Å². The van der Waals surface area contributed by atoms with Crippen LogP contribution in [0.2, 0.25) is 0 Å². The number of pyridine rings is 1. The topological polar surface area (TPSA) is 130 Å². The van der Waals surface area contributed by atoms with E-state index in [4.69, 9.17) is 4.42 Å². The molecule has 4 rings (SSSR count). The van der Waals surface area contributed by atoms with E-state index in [1.807, 2.05) is 0 Å². The molecule has 9 nitrogen and oxygen atoms in total. The number of rotatable bonds is 4. The lowest BCUT2D eigenvalue weighted by molar-refractivity contribution is -0.122. The van der Waals surface area contributed by atoms with Gasteiger partial charge in [0.1, 0.15) is 17.1 Å². The first-order chi connectivity index (χ1) is 14.5. The van der Waals surface area contributed by atoms with Crippen LogP contribution < -0.4 is 10.2 Å². The maximum Gasteiger partial charge on any atom is 0.336 e. The molecule has 2 N–H and O–H groups in total. The van der Waals surface area contributed by atoms with Crippen LogP contribution >= 0.6 is 0 Å². The van der Waals surface area contributed by atoms with Crippen molar-refractivity contribution < 1.29 is 28.7 Å². The van der Waals surface area contributed by atoms with E-state index >= 15 is 0 Å². The molecule has 3 heterocycles. The van der Waals surface area contributed by atoms with Crippen molar-refractivity contribution in [1.82, 2.24) is 10.3 Å². The van der Waals surface area contributed by atoms with Gasteiger partial charge in [0.15, 0.2) is 0 Å². The number of amides is 4. The van der Waals surface area contributed by atoms with Crippen molar-refractivity contribution in [3.63, 3.8) is 0 Å². The SMILES string of the molecule is O=C1NC(=O)N(c2cccnc2)C(=O)/C1=C\c1ccc(-c2ccccc2C(=O)O)o1. The van der Waals surface area contributed by atoms with Crippen LogP contribution in [0.1, 0.15) is 16.1 Å².